The lowest BCUT2D eigenvalue weighted by molar-refractivity contribution is -0.0282. The number of rotatable bonds is 6. The minimum Gasteiger partial charge on any atom is -0.390 e. The molecule has 1 unspecified atom stereocenters. The fraction of sp³-hybridized carbons (Fsp3) is 0.583. The quantitative estimate of drug-likeness (QED) is 0.569. The van der Waals surface area contributed by atoms with E-state index in [0.29, 0.717) is 36.4 Å². The molecule has 9 nitrogen and oxygen atoms in total. The number of hydrogen-bond donors (Lipinski definition) is 2. The van der Waals surface area contributed by atoms with Gasteiger partial charge in [-0.2, -0.15) is 5.10 Å². The van der Waals surface area contributed by atoms with Gasteiger partial charge in [-0.15, -0.1) is 0 Å². The van der Waals surface area contributed by atoms with Gasteiger partial charge in [-0.1, -0.05) is 0 Å². The SMILES string of the molecule is Nc1ncnc2c1cnn2C[C@H]1OC(COCP=O)C[C@H]1O. The van der Waals surface area contributed by atoms with E-state index in [9.17, 15) is 9.67 Å². The molecule has 0 spiro atoms. The van der Waals surface area contributed by atoms with Crippen molar-refractivity contribution in [3.8, 4) is 0 Å². The summed E-state index contributed by atoms with van der Waals surface area (Å²) >= 11 is 0. The normalized spacial score (nSPS) is 25.2. The van der Waals surface area contributed by atoms with E-state index in [4.69, 9.17) is 15.2 Å². The topological polar surface area (TPSA) is 125 Å². The van der Waals surface area contributed by atoms with Crippen LogP contribution in [0.5, 0.6) is 0 Å². The van der Waals surface area contributed by atoms with Crippen molar-refractivity contribution >= 4 is 25.3 Å². The van der Waals surface area contributed by atoms with Gasteiger partial charge in [-0.05, 0) is 0 Å². The van der Waals surface area contributed by atoms with Crippen LogP contribution in [0.4, 0.5) is 5.82 Å². The predicted octanol–water partition coefficient (Wildman–Crippen LogP) is 0.193. The molecule has 0 radical (unpaired) electrons. The molecule has 3 atom stereocenters. The van der Waals surface area contributed by atoms with Crippen LogP contribution in [0, 0.1) is 0 Å². The molecule has 10 heteroatoms. The van der Waals surface area contributed by atoms with E-state index >= 15 is 0 Å². The second kappa shape index (κ2) is 6.62. The third kappa shape index (κ3) is 3.07. The zero-order valence-corrected chi connectivity index (χ0v) is 12.6. The zero-order valence-electron chi connectivity index (χ0n) is 11.7. The molecule has 2 aromatic rings. The number of hydrogen-bond acceptors (Lipinski definition) is 8. The van der Waals surface area contributed by atoms with Crippen LogP contribution in [0.15, 0.2) is 12.5 Å². The number of aliphatic hydroxyl groups is 1. The number of nitrogens with zero attached hydrogens (tertiary/aromatic N) is 4. The summed E-state index contributed by atoms with van der Waals surface area (Å²) in [5, 5.41) is 15.0. The van der Waals surface area contributed by atoms with Crippen molar-refractivity contribution in [3.05, 3.63) is 12.5 Å². The standard InChI is InChI=1S/C12H16N5O4P/c13-11-8-2-16-17(12(8)15-5-14-11)3-10-9(18)1-7(21-10)4-20-6-22-19/h2,5,7,9-10,18H,1,3-4,6H2,(H2,13,14,15)/t7?,9-,10-/m1/s1. The summed E-state index contributed by atoms with van der Waals surface area (Å²) in [6.45, 7) is 0.662. The van der Waals surface area contributed by atoms with Crippen LogP contribution in [0.1, 0.15) is 6.42 Å². The summed E-state index contributed by atoms with van der Waals surface area (Å²) in [5.74, 6) is 0.368. The maximum Gasteiger partial charge on any atom is 0.183 e. The Morgan fingerprint density at radius 1 is 1.55 bits per heavy atom. The third-order valence-electron chi connectivity index (χ3n) is 3.57. The molecule has 1 aliphatic heterocycles. The Labute approximate surface area is 127 Å². The summed E-state index contributed by atoms with van der Waals surface area (Å²) in [4.78, 5) is 8.07. The molecule has 1 saturated heterocycles. The van der Waals surface area contributed by atoms with Crippen LogP contribution in [-0.4, -0.2) is 56.1 Å². The Morgan fingerprint density at radius 3 is 3.23 bits per heavy atom. The molecule has 0 saturated carbocycles. The molecule has 1 fully saturated rings. The van der Waals surface area contributed by atoms with Crippen molar-refractivity contribution < 1.29 is 19.1 Å². The van der Waals surface area contributed by atoms with Crippen LogP contribution >= 0.6 is 8.46 Å². The smallest absolute Gasteiger partial charge is 0.183 e. The second-order valence-corrected chi connectivity index (χ2v) is 5.57. The number of aliphatic hydroxyl groups excluding tert-OH is 1. The lowest BCUT2D eigenvalue weighted by Crippen LogP contribution is -2.27. The first-order valence-electron chi connectivity index (χ1n) is 6.81. The summed E-state index contributed by atoms with van der Waals surface area (Å²) in [5.41, 5.74) is 6.37. The number of fused-ring (bicyclic) bond motifs is 1. The van der Waals surface area contributed by atoms with Crippen LogP contribution in [0.3, 0.4) is 0 Å². The number of nitrogens with two attached hydrogens (primary N) is 1. The van der Waals surface area contributed by atoms with Crippen molar-refractivity contribution in [3.63, 3.8) is 0 Å². The number of ether oxygens (including phenoxy) is 2. The summed E-state index contributed by atoms with van der Waals surface area (Å²) in [7, 11) is -0.0649. The van der Waals surface area contributed by atoms with E-state index in [0.717, 1.165) is 0 Å². The molecule has 0 bridgehead atoms. The van der Waals surface area contributed by atoms with E-state index in [1.165, 1.54) is 6.33 Å². The zero-order chi connectivity index (χ0) is 15.5. The lowest BCUT2D eigenvalue weighted by atomic mass is 10.1. The molecule has 2 aromatic heterocycles. The molecule has 3 heterocycles. The first-order chi connectivity index (χ1) is 10.7. The van der Waals surface area contributed by atoms with Crippen molar-refractivity contribution in [1.29, 1.82) is 0 Å². The lowest BCUT2D eigenvalue weighted by Gasteiger charge is -2.15. The average Bonchev–Trinajstić information content (AvgIpc) is 3.06. The van der Waals surface area contributed by atoms with Gasteiger partial charge >= 0.3 is 0 Å². The Morgan fingerprint density at radius 2 is 2.41 bits per heavy atom. The summed E-state index contributed by atoms with van der Waals surface area (Å²) in [6.07, 6.45) is 2.33. The third-order valence-corrected chi connectivity index (χ3v) is 3.85. The van der Waals surface area contributed by atoms with E-state index in [2.05, 4.69) is 15.1 Å². The van der Waals surface area contributed by atoms with Crippen molar-refractivity contribution in [2.75, 3.05) is 18.7 Å². The van der Waals surface area contributed by atoms with Gasteiger partial charge in [0.2, 0.25) is 0 Å². The molecule has 22 heavy (non-hydrogen) atoms. The van der Waals surface area contributed by atoms with Gasteiger partial charge in [0, 0.05) is 6.42 Å². The van der Waals surface area contributed by atoms with Crippen LogP contribution in [0.2, 0.25) is 0 Å². The summed E-state index contributed by atoms with van der Waals surface area (Å²) < 4.78 is 22.9. The molecular weight excluding hydrogens is 309 g/mol. The Kier molecular flexibility index (Phi) is 4.58. The Balaban J connectivity index is 1.67. The maximum absolute atomic E-state index is 10.3. The van der Waals surface area contributed by atoms with Crippen molar-refractivity contribution in [1.82, 2.24) is 19.7 Å². The average molecular weight is 325 g/mol. The fourth-order valence-electron chi connectivity index (χ4n) is 2.52. The van der Waals surface area contributed by atoms with Gasteiger partial charge in [0.15, 0.2) is 14.1 Å². The van der Waals surface area contributed by atoms with Gasteiger partial charge in [0.25, 0.3) is 0 Å². The van der Waals surface area contributed by atoms with E-state index in [1.54, 1.807) is 10.9 Å². The molecule has 0 amide bonds. The highest BCUT2D eigenvalue weighted by Crippen LogP contribution is 2.24. The van der Waals surface area contributed by atoms with Gasteiger partial charge in [-0.3, -0.25) is 4.57 Å². The Bertz CT molecular complexity index is 666. The fourth-order valence-corrected chi connectivity index (χ4v) is 2.70. The molecule has 1 aliphatic rings. The molecular formula is C12H16N5O4P. The number of nitrogen functional groups attached to an aromatic ring is 1. The van der Waals surface area contributed by atoms with E-state index in [1.807, 2.05) is 0 Å². The van der Waals surface area contributed by atoms with Crippen molar-refractivity contribution in [2.45, 2.75) is 31.3 Å². The second-order valence-electron chi connectivity index (χ2n) is 5.05. The molecule has 3 rings (SSSR count). The predicted molar refractivity (Wildman–Crippen MR) is 77.4 cm³/mol. The van der Waals surface area contributed by atoms with Gasteiger partial charge in [-0.25, -0.2) is 14.6 Å². The molecule has 0 aliphatic carbocycles. The molecule has 0 aromatic carbocycles. The molecule has 118 valence electrons. The van der Waals surface area contributed by atoms with Crippen LogP contribution < -0.4 is 5.73 Å². The van der Waals surface area contributed by atoms with E-state index in [-0.39, 0.29) is 20.9 Å². The highest BCUT2D eigenvalue weighted by atomic mass is 31.1. The Hall–Kier alpha value is -1.67. The van der Waals surface area contributed by atoms with E-state index < -0.39 is 12.2 Å². The van der Waals surface area contributed by atoms with Gasteiger partial charge in [0.05, 0.1) is 36.9 Å². The minimum absolute atomic E-state index is 0.0649. The highest BCUT2D eigenvalue weighted by Gasteiger charge is 2.34. The minimum atomic E-state index is -0.614. The van der Waals surface area contributed by atoms with Gasteiger partial charge < -0.3 is 20.3 Å². The number of anilines is 1. The first-order valence-corrected chi connectivity index (χ1v) is 7.81. The van der Waals surface area contributed by atoms with Gasteiger partial charge in [0.1, 0.15) is 24.6 Å². The highest BCUT2D eigenvalue weighted by molar-refractivity contribution is 7.23. The van der Waals surface area contributed by atoms with Crippen LogP contribution in [0.25, 0.3) is 11.0 Å². The first kappa shape index (κ1) is 15.2. The van der Waals surface area contributed by atoms with Crippen molar-refractivity contribution in [2.24, 2.45) is 0 Å². The number of aromatic nitrogens is 4. The van der Waals surface area contributed by atoms with Crippen LogP contribution in [-0.2, 0) is 20.6 Å². The molecule has 3 N–H and O–H groups in total. The largest absolute Gasteiger partial charge is 0.390 e. The summed E-state index contributed by atoms with van der Waals surface area (Å²) in [6, 6.07) is 0. The monoisotopic (exact) mass is 325 g/mol. The maximum atomic E-state index is 10.3.